The molecule has 3 rings (SSSR count). The third kappa shape index (κ3) is 4.68. The van der Waals surface area contributed by atoms with Gasteiger partial charge in [-0.25, -0.2) is 4.68 Å². The summed E-state index contributed by atoms with van der Waals surface area (Å²) in [6, 6.07) is 15.2. The van der Waals surface area contributed by atoms with Gasteiger partial charge in [-0.1, -0.05) is 0 Å². The summed E-state index contributed by atoms with van der Waals surface area (Å²) in [5.74, 6) is 1.32. The van der Waals surface area contributed by atoms with Crippen LogP contribution in [0.25, 0.3) is 5.69 Å². The smallest absolute Gasteiger partial charge is 0.269 e. The maximum absolute atomic E-state index is 12.4. The molecule has 0 fully saturated rings. The van der Waals surface area contributed by atoms with Crippen LogP contribution >= 0.6 is 11.8 Å². The van der Waals surface area contributed by atoms with Crippen molar-refractivity contribution in [2.45, 2.75) is 11.8 Å². The molecule has 3 aromatic rings. The van der Waals surface area contributed by atoms with Crippen molar-refractivity contribution in [3.8, 4) is 11.4 Å². The molecule has 0 bridgehead atoms. The Morgan fingerprint density at radius 2 is 1.89 bits per heavy atom. The Kier molecular flexibility index (Phi) is 5.95. The number of nitro benzene ring substituents is 1. The number of non-ortho nitro benzene ring substituents is 1. The Morgan fingerprint density at radius 1 is 1.21 bits per heavy atom. The number of thioether (sulfide) groups is 1. The highest BCUT2D eigenvalue weighted by molar-refractivity contribution is 8.00. The van der Waals surface area contributed by atoms with E-state index in [1.165, 1.54) is 23.9 Å². The fourth-order valence-electron chi connectivity index (χ4n) is 2.50. The summed E-state index contributed by atoms with van der Waals surface area (Å²) in [6.45, 7) is 1.81. The Bertz CT molecular complexity index is 984. The molecule has 0 aliphatic rings. The Balaban J connectivity index is 1.68. The van der Waals surface area contributed by atoms with Gasteiger partial charge in [0.15, 0.2) is 0 Å². The molecule has 0 aliphatic carbocycles. The number of amides is 1. The first kappa shape index (κ1) is 19.4. The lowest BCUT2D eigenvalue weighted by atomic mass is 10.3. The minimum absolute atomic E-state index is 0.00546. The number of aryl methyl sites for hydroxylation is 1. The van der Waals surface area contributed by atoms with E-state index in [0.717, 1.165) is 16.3 Å². The summed E-state index contributed by atoms with van der Waals surface area (Å²) in [4.78, 5) is 23.7. The van der Waals surface area contributed by atoms with Gasteiger partial charge >= 0.3 is 0 Å². The lowest BCUT2D eigenvalue weighted by Gasteiger charge is -2.09. The van der Waals surface area contributed by atoms with Gasteiger partial charge in [-0.05, 0) is 43.3 Å². The zero-order valence-electron chi connectivity index (χ0n) is 15.3. The Labute approximate surface area is 165 Å². The highest BCUT2D eigenvalue weighted by Crippen LogP contribution is 2.23. The van der Waals surface area contributed by atoms with Gasteiger partial charge < -0.3 is 10.1 Å². The third-order valence-electron chi connectivity index (χ3n) is 3.83. The minimum Gasteiger partial charge on any atom is -0.497 e. The molecule has 1 heterocycles. The molecule has 0 atom stereocenters. The van der Waals surface area contributed by atoms with Gasteiger partial charge in [-0.15, -0.1) is 11.8 Å². The number of carbonyl (C=O) groups excluding carboxylic acids is 1. The van der Waals surface area contributed by atoms with Crippen molar-refractivity contribution in [1.29, 1.82) is 0 Å². The van der Waals surface area contributed by atoms with Gasteiger partial charge in [0.25, 0.3) is 5.69 Å². The number of nitrogens with zero attached hydrogens (tertiary/aromatic N) is 3. The van der Waals surface area contributed by atoms with Crippen molar-refractivity contribution < 1.29 is 14.5 Å². The van der Waals surface area contributed by atoms with Crippen LogP contribution in [0.2, 0.25) is 0 Å². The standard InChI is InChI=1S/C19H18N4O4S/c1-13-11-18(22(21-13)14-3-5-15(6-4-14)23(25)26)20-19(24)12-28-17-9-7-16(27-2)8-10-17/h3-11H,12H2,1-2H3,(H,20,24). The number of aromatic nitrogens is 2. The van der Waals surface area contributed by atoms with Crippen LogP contribution in [0.3, 0.4) is 0 Å². The van der Waals surface area contributed by atoms with Crippen molar-refractivity contribution in [1.82, 2.24) is 9.78 Å². The molecular formula is C19H18N4O4S. The monoisotopic (exact) mass is 398 g/mol. The van der Waals surface area contributed by atoms with Gasteiger partial charge in [0, 0.05) is 23.1 Å². The van der Waals surface area contributed by atoms with Crippen LogP contribution in [-0.2, 0) is 4.79 Å². The summed E-state index contributed by atoms with van der Waals surface area (Å²) in [6.07, 6.45) is 0. The number of ether oxygens (including phenoxy) is 1. The molecule has 0 saturated carbocycles. The highest BCUT2D eigenvalue weighted by atomic mass is 32.2. The molecule has 1 N–H and O–H groups in total. The molecule has 144 valence electrons. The average Bonchev–Trinajstić information content (AvgIpc) is 3.06. The maximum atomic E-state index is 12.4. The zero-order chi connectivity index (χ0) is 20.1. The summed E-state index contributed by atoms with van der Waals surface area (Å²) in [5.41, 5.74) is 1.34. The highest BCUT2D eigenvalue weighted by Gasteiger charge is 2.13. The van der Waals surface area contributed by atoms with E-state index in [-0.39, 0.29) is 17.3 Å². The molecule has 0 unspecified atom stereocenters. The van der Waals surface area contributed by atoms with Crippen LogP contribution in [-0.4, -0.2) is 33.5 Å². The molecule has 1 amide bonds. The lowest BCUT2D eigenvalue weighted by Crippen LogP contribution is -2.16. The number of rotatable bonds is 7. The van der Waals surface area contributed by atoms with E-state index in [9.17, 15) is 14.9 Å². The number of hydrogen-bond acceptors (Lipinski definition) is 6. The van der Waals surface area contributed by atoms with Crippen LogP contribution in [0.5, 0.6) is 5.75 Å². The largest absolute Gasteiger partial charge is 0.497 e. The summed E-state index contributed by atoms with van der Waals surface area (Å²) in [7, 11) is 1.60. The van der Waals surface area contributed by atoms with Crippen molar-refractivity contribution in [2.24, 2.45) is 0 Å². The number of carbonyl (C=O) groups is 1. The van der Waals surface area contributed by atoms with Crippen LogP contribution in [0.15, 0.2) is 59.5 Å². The molecule has 0 radical (unpaired) electrons. The van der Waals surface area contributed by atoms with E-state index in [1.807, 2.05) is 31.2 Å². The second-order valence-corrected chi connectivity index (χ2v) is 6.92. The van der Waals surface area contributed by atoms with Crippen molar-refractivity contribution in [3.05, 3.63) is 70.4 Å². The first-order valence-corrected chi connectivity index (χ1v) is 9.33. The number of methoxy groups -OCH3 is 1. The molecule has 2 aromatic carbocycles. The average molecular weight is 398 g/mol. The normalized spacial score (nSPS) is 10.5. The topological polar surface area (TPSA) is 99.3 Å². The zero-order valence-corrected chi connectivity index (χ0v) is 16.1. The van der Waals surface area contributed by atoms with Crippen molar-refractivity contribution in [3.63, 3.8) is 0 Å². The van der Waals surface area contributed by atoms with Crippen molar-refractivity contribution in [2.75, 3.05) is 18.2 Å². The molecule has 0 saturated heterocycles. The summed E-state index contributed by atoms with van der Waals surface area (Å²) in [5, 5.41) is 18.0. The third-order valence-corrected chi connectivity index (χ3v) is 4.85. The predicted molar refractivity (Wildman–Crippen MR) is 107 cm³/mol. The molecule has 9 heteroatoms. The lowest BCUT2D eigenvalue weighted by molar-refractivity contribution is -0.384. The number of benzene rings is 2. The van der Waals surface area contributed by atoms with E-state index in [0.29, 0.717) is 11.5 Å². The van der Waals surface area contributed by atoms with E-state index in [2.05, 4.69) is 10.4 Å². The molecule has 1 aromatic heterocycles. The molecular weight excluding hydrogens is 380 g/mol. The minimum atomic E-state index is -0.461. The number of nitro groups is 1. The first-order valence-electron chi connectivity index (χ1n) is 8.34. The van der Waals surface area contributed by atoms with E-state index >= 15 is 0 Å². The van der Waals surface area contributed by atoms with Gasteiger partial charge in [0.2, 0.25) is 5.91 Å². The number of anilines is 1. The van der Waals surface area contributed by atoms with E-state index in [1.54, 1.807) is 30.0 Å². The second-order valence-electron chi connectivity index (χ2n) is 5.87. The van der Waals surface area contributed by atoms with Crippen LogP contribution in [0.4, 0.5) is 11.5 Å². The molecule has 28 heavy (non-hydrogen) atoms. The SMILES string of the molecule is COc1ccc(SCC(=O)Nc2cc(C)nn2-c2ccc([N+](=O)[O-])cc2)cc1. The van der Waals surface area contributed by atoms with E-state index in [4.69, 9.17) is 4.74 Å². The molecule has 0 aliphatic heterocycles. The molecule has 0 spiro atoms. The second kappa shape index (κ2) is 8.57. The van der Waals surface area contributed by atoms with Crippen LogP contribution in [0, 0.1) is 17.0 Å². The molecule has 8 nitrogen and oxygen atoms in total. The van der Waals surface area contributed by atoms with E-state index < -0.39 is 4.92 Å². The quantitative estimate of drug-likeness (QED) is 0.369. The van der Waals surface area contributed by atoms with Crippen LogP contribution in [0.1, 0.15) is 5.69 Å². The summed E-state index contributed by atoms with van der Waals surface area (Å²) < 4.78 is 6.67. The maximum Gasteiger partial charge on any atom is 0.269 e. The van der Waals surface area contributed by atoms with Gasteiger partial charge in [-0.3, -0.25) is 14.9 Å². The number of nitrogens with one attached hydrogen (secondary N) is 1. The Morgan fingerprint density at radius 3 is 2.50 bits per heavy atom. The van der Waals surface area contributed by atoms with Crippen LogP contribution < -0.4 is 10.1 Å². The van der Waals surface area contributed by atoms with Gasteiger partial charge in [0.05, 0.1) is 29.2 Å². The van der Waals surface area contributed by atoms with Gasteiger partial charge in [-0.2, -0.15) is 5.10 Å². The summed E-state index contributed by atoms with van der Waals surface area (Å²) >= 11 is 1.41. The van der Waals surface area contributed by atoms with Crippen molar-refractivity contribution >= 4 is 29.2 Å². The number of hydrogen-bond donors (Lipinski definition) is 1. The fraction of sp³-hybridized carbons (Fsp3) is 0.158. The van der Waals surface area contributed by atoms with Gasteiger partial charge in [0.1, 0.15) is 11.6 Å². The fourth-order valence-corrected chi connectivity index (χ4v) is 3.20. The first-order chi connectivity index (χ1) is 13.5. The Hall–Kier alpha value is -3.33. The predicted octanol–water partition coefficient (Wildman–Crippen LogP) is 3.83.